The summed E-state index contributed by atoms with van der Waals surface area (Å²) in [4.78, 5) is 9.32. The first-order valence-electron chi connectivity index (χ1n) is 7.76. The number of rotatable bonds is 4. The Bertz CT molecular complexity index is 622. The van der Waals surface area contributed by atoms with E-state index < -0.39 is 0 Å². The van der Waals surface area contributed by atoms with Crippen molar-refractivity contribution < 1.29 is 0 Å². The van der Waals surface area contributed by atoms with Crippen molar-refractivity contribution >= 4 is 17.5 Å². The number of nitrogens with one attached hydrogen (secondary N) is 1. The third kappa shape index (κ3) is 3.33. The van der Waals surface area contributed by atoms with E-state index in [1.54, 1.807) is 6.20 Å². The second kappa shape index (κ2) is 6.70. The second-order valence-corrected chi connectivity index (χ2v) is 5.50. The van der Waals surface area contributed by atoms with Crippen molar-refractivity contribution in [3.8, 4) is 0 Å². The standard InChI is InChI=1S/C16H22N6/c1-3-21-8-10-22(11-9-21)15-12-17-20-16(19-15)18-14-7-5-4-6-13(14)2/h4-7,12H,3,8-11H2,1-2H3,(H,18,19,20). The molecule has 2 heterocycles. The van der Waals surface area contributed by atoms with Crippen LogP contribution in [0.5, 0.6) is 0 Å². The topological polar surface area (TPSA) is 57.2 Å². The minimum atomic E-state index is 0.546. The van der Waals surface area contributed by atoms with Gasteiger partial charge in [0.25, 0.3) is 0 Å². The molecule has 0 saturated carbocycles. The van der Waals surface area contributed by atoms with Gasteiger partial charge in [-0.25, -0.2) is 0 Å². The minimum absolute atomic E-state index is 0.546. The fraction of sp³-hybridized carbons (Fsp3) is 0.438. The molecule has 116 valence electrons. The molecule has 0 radical (unpaired) electrons. The van der Waals surface area contributed by atoms with Gasteiger partial charge < -0.3 is 15.1 Å². The average Bonchev–Trinajstić information content (AvgIpc) is 2.57. The molecule has 2 aromatic rings. The molecule has 1 aromatic carbocycles. The van der Waals surface area contributed by atoms with Crippen LogP contribution in [-0.4, -0.2) is 52.8 Å². The fourth-order valence-corrected chi connectivity index (χ4v) is 2.63. The second-order valence-electron chi connectivity index (χ2n) is 5.50. The highest BCUT2D eigenvalue weighted by Gasteiger charge is 2.17. The first-order chi connectivity index (χ1) is 10.8. The summed E-state index contributed by atoms with van der Waals surface area (Å²) in [6.07, 6.45) is 1.74. The van der Waals surface area contributed by atoms with E-state index in [9.17, 15) is 0 Å². The van der Waals surface area contributed by atoms with Crippen molar-refractivity contribution in [2.75, 3.05) is 42.9 Å². The predicted octanol–water partition coefficient (Wildman–Crippen LogP) is 2.07. The van der Waals surface area contributed by atoms with E-state index in [4.69, 9.17) is 0 Å². The van der Waals surface area contributed by atoms with Crippen LogP contribution in [0.2, 0.25) is 0 Å². The lowest BCUT2D eigenvalue weighted by Gasteiger charge is -2.34. The van der Waals surface area contributed by atoms with E-state index in [1.165, 1.54) is 0 Å². The van der Waals surface area contributed by atoms with Crippen LogP contribution in [0.3, 0.4) is 0 Å². The van der Waals surface area contributed by atoms with Crippen molar-refractivity contribution in [1.82, 2.24) is 20.1 Å². The van der Waals surface area contributed by atoms with Crippen LogP contribution >= 0.6 is 0 Å². The number of para-hydroxylation sites is 1. The molecule has 6 nitrogen and oxygen atoms in total. The Morgan fingerprint density at radius 2 is 1.91 bits per heavy atom. The molecular formula is C16H22N6. The highest BCUT2D eigenvalue weighted by Crippen LogP contribution is 2.19. The van der Waals surface area contributed by atoms with Gasteiger partial charge in [-0.15, -0.1) is 5.10 Å². The summed E-state index contributed by atoms with van der Waals surface area (Å²) < 4.78 is 0. The largest absolute Gasteiger partial charge is 0.353 e. The fourth-order valence-electron chi connectivity index (χ4n) is 2.63. The van der Waals surface area contributed by atoms with E-state index in [0.29, 0.717) is 5.95 Å². The highest BCUT2D eigenvalue weighted by molar-refractivity contribution is 5.58. The molecule has 3 rings (SSSR count). The Morgan fingerprint density at radius 3 is 2.64 bits per heavy atom. The van der Waals surface area contributed by atoms with Gasteiger partial charge in [0.15, 0.2) is 5.82 Å². The third-order valence-electron chi connectivity index (χ3n) is 4.08. The van der Waals surface area contributed by atoms with Crippen molar-refractivity contribution in [3.05, 3.63) is 36.0 Å². The lowest BCUT2D eigenvalue weighted by atomic mass is 10.2. The number of likely N-dealkylation sites (N-methyl/N-ethyl adjacent to an activating group) is 1. The van der Waals surface area contributed by atoms with Crippen LogP contribution in [0.15, 0.2) is 30.5 Å². The molecule has 0 bridgehead atoms. The zero-order valence-electron chi connectivity index (χ0n) is 13.2. The van der Waals surface area contributed by atoms with E-state index in [1.807, 2.05) is 18.2 Å². The molecule has 0 unspecified atom stereocenters. The van der Waals surface area contributed by atoms with Crippen LogP contribution in [0.1, 0.15) is 12.5 Å². The molecule has 0 atom stereocenters. The maximum atomic E-state index is 4.61. The molecule has 1 aromatic heterocycles. The summed E-state index contributed by atoms with van der Waals surface area (Å²) in [5.74, 6) is 1.44. The molecular weight excluding hydrogens is 276 g/mol. The zero-order valence-corrected chi connectivity index (χ0v) is 13.2. The Balaban J connectivity index is 1.72. The van der Waals surface area contributed by atoms with Crippen molar-refractivity contribution in [1.29, 1.82) is 0 Å². The smallest absolute Gasteiger partial charge is 0.249 e. The number of benzene rings is 1. The molecule has 0 amide bonds. The van der Waals surface area contributed by atoms with E-state index in [2.05, 4.69) is 50.2 Å². The summed E-state index contributed by atoms with van der Waals surface area (Å²) >= 11 is 0. The number of anilines is 3. The highest BCUT2D eigenvalue weighted by atomic mass is 15.3. The molecule has 1 saturated heterocycles. The van der Waals surface area contributed by atoms with Crippen molar-refractivity contribution in [2.24, 2.45) is 0 Å². The van der Waals surface area contributed by atoms with Gasteiger partial charge in [-0.1, -0.05) is 25.1 Å². The first-order valence-corrected chi connectivity index (χ1v) is 7.76. The molecule has 0 spiro atoms. The summed E-state index contributed by atoms with van der Waals surface area (Å²) in [5, 5.41) is 11.4. The van der Waals surface area contributed by atoms with Crippen LogP contribution in [0.4, 0.5) is 17.5 Å². The molecule has 0 aliphatic carbocycles. The normalized spacial score (nSPS) is 15.8. The molecule has 1 aliphatic rings. The van der Waals surface area contributed by atoms with Gasteiger partial charge in [0.1, 0.15) is 0 Å². The minimum Gasteiger partial charge on any atom is -0.353 e. The number of nitrogens with zero attached hydrogens (tertiary/aromatic N) is 5. The average molecular weight is 298 g/mol. The lowest BCUT2D eigenvalue weighted by Crippen LogP contribution is -2.46. The molecule has 1 aliphatic heterocycles. The van der Waals surface area contributed by atoms with Gasteiger partial charge in [-0.05, 0) is 25.1 Å². The predicted molar refractivity (Wildman–Crippen MR) is 88.6 cm³/mol. The summed E-state index contributed by atoms with van der Waals surface area (Å²) in [7, 11) is 0. The molecule has 1 fully saturated rings. The first kappa shape index (κ1) is 14.7. The third-order valence-corrected chi connectivity index (χ3v) is 4.08. The van der Waals surface area contributed by atoms with Crippen molar-refractivity contribution in [2.45, 2.75) is 13.8 Å². The number of hydrogen-bond acceptors (Lipinski definition) is 6. The van der Waals surface area contributed by atoms with Crippen LogP contribution in [-0.2, 0) is 0 Å². The van der Waals surface area contributed by atoms with Gasteiger partial charge >= 0.3 is 0 Å². The van der Waals surface area contributed by atoms with Gasteiger partial charge in [0.05, 0.1) is 6.20 Å². The van der Waals surface area contributed by atoms with Gasteiger partial charge in [0, 0.05) is 31.9 Å². The summed E-state index contributed by atoms with van der Waals surface area (Å²) in [6, 6.07) is 8.09. The van der Waals surface area contributed by atoms with E-state index in [0.717, 1.165) is 49.8 Å². The number of hydrogen-bond donors (Lipinski definition) is 1. The Kier molecular flexibility index (Phi) is 4.48. The van der Waals surface area contributed by atoms with E-state index in [-0.39, 0.29) is 0 Å². The van der Waals surface area contributed by atoms with Crippen LogP contribution < -0.4 is 10.2 Å². The van der Waals surface area contributed by atoms with Gasteiger partial charge in [-0.2, -0.15) is 10.1 Å². The number of aryl methyl sites for hydroxylation is 1. The number of aromatic nitrogens is 3. The van der Waals surface area contributed by atoms with Crippen LogP contribution in [0.25, 0.3) is 0 Å². The van der Waals surface area contributed by atoms with Crippen molar-refractivity contribution in [3.63, 3.8) is 0 Å². The van der Waals surface area contributed by atoms with E-state index >= 15 is 0 Å². The SMILES string of the molecule is CCN1CCN(c2cnnc(Nc3ccccc3C)n2)CC1. The Morgan fingerprint density at radius 1 is 1.14 bits per heavy atom. The molecule has 1 N–H and O–H groups in total. The lowest BCUT2D eigenvalue weighted by molar-refractivity contribution is 0.270. The number of piperazine rings is 1. The quantitative estimate of drug-likeness (QED) is 0.932. The monoisotopic (exact) mass is 298 g/mol. The zero-order chi connectivity index (χ0) is 15.4. The maximum Gasteiger partial charge on any atom is 0.249 e. The molecule has 6 heteroatoms. The Hall–Kier alpha value is -2.21. The van der Waals surface area contributed by atoms with Gasteiger partial charge in [0.2, 0.25) is 5.95 Å². The Labute approximate surface area is 131 Å². The molecule has 22 heavy (non-hydrogen) atoms. The summed E-state index contributed by atoms with van der Waals surface area (Å²) in [5.41, 5.74) is 2.17. The summed E-state index contributed by atoms with van der Waals surface area (Å²) in [6.45, 7) is 9.47. The maximum absolute atomic E-state index is 4.61. The van der Waals surface area contributed by atoms with Crippen LogP contribution in [0, 0.1) is 6.92 Å². The van der Waals surface area contributed by atoms with Gasteiger partial charge in [-0.3, -0.25) is 0 Å².